The SMILES string of the molecule is C[C@H]1CCCC[C@@H]1N1C(=O)CN(NC(=O)c2cccnc2)C1=O. The van der Waals surface area contributed by atoms with E-state index in [0.717, 1.165) is 30.7 Å². The number of pyridine rings is 1. The molecule has 1 aliphatic heterocycles. The number of aromatic nitrogens is 1. The largest absolute Gasteiger partial charge is 0.346 e. The minimum atomic E-state index is -0.446. The molecule has 1 saturated carbocycles. The number of imide groups is 1. The van der Waals surface area contributed by atoms with E-state index in [1.54, 1.807) is 18.3 Å². The molecule has 23 heavy (non-hydrogen) atoms. The van der Waals surface area contributed by atoms with Crippen molar-refractivity contribution in [2.45, 2.75) is 38.6 Å². The van der Waals surface area contributed by atoms with Crippen LogP contribution in [0.1, 0.15) is 43.0 Å². The first-order valence-corrected chi connectivity index (χ1v) is 7.92. The van der Waals surface area contributed by atoms with Crippen molar-refractivity contribution < 1.29 is 14.4 Å². The summed E-state index contributed by atoms with van der Waals surface area (Å²) in [7, 11) is 0. The van der Waals surface area contributed by atoms with Crippen LogP contribution in [0.15, 0.2) is 24.5 Å². The van der Waals surface area contributed by atoms with Gasteiger partial charge in [-0.25, -0.2) is 9.80 Å². The number of nitrogens with one attached hydrogen (secondary N) is 1. The Hall–Kier alpha value is -2.44. The highest BCUT2D eigenvalue weighted by molar-refractivity contribution is 6.04. The third-order valence-electron chi connectivity index (χ3n) is 4.56. The summed E-state index contributed by atoms with van der Waals surface area (Å²) < 4.78 is 0. The van der Waals surface area contributed by atoms with Crippen LogP contribution in [-0.4, -0.2) is 45.3 Å². The van der Waals surface area contributed by atoms with Gasteiger partial charge >= 0.3 is 6.03 Å². The Bertz CT molecular complexity index is 619. The number of hydrogen-bond donors (Lipinski definition) is 1. The van der Waals surface area contributed by atoms with Crippen LogP contribution in [0.25, 0.3) is 0 Å². The number of carbonyl (C=O) groups excluding carboxylic acids is 3. The zero-order valence-electron chi connectivity index (χ0n) is 13.1. The average Bonchev–Trinajstić information content (AvgIpc) is 2.83. The second-order valence-electron chi connectivity index (χ2n) is 6.14. The van der Waals surface area contributed by atoms with Gasteiger partial charge < -0.3 is 0 Å². The Kier molecular flexibility index (Phi) is 4.27. The van der Waals surface area contributed by atoms with Crippen molar-refractivity contribution in [2.24, 2.45) is 5.92 Å². The maximum Gasteiger partial charge on any atom is 0.346 e. The van der Waals surface area contributed by atoms with Gasteiger partial charge in [0.25, 0.3) is 11.8 Å². The Morgan fingerprint density at radius 2 is 2.09 bits per heavy atom. The summed E-state index contributed by atoms with van der Waals surface area (Å²) in [4.78, 5) is 42.1. The van der Waals surface area contributed by atoms with Crippen molar-refractivity contribution in [1.82, 2.24) is 20.3 Å². The van der Waals surface area contributed by atoms with E-state index in [4.69, 9.17) is 0 Å². The molecule has 0 radical (unpaired) electrons. The molecule has 2 heterocycles. The van der Waals surface area contributed by atoms with Gasteiger partial charge in [-0.15, -0.1) is 0 Å². The zero-order chi connectivity index (χ0) is 16.4. The standard InChI is InChI=1S/C16H20N4O3/c1-11-5-2-3-7-13(11)20-14(21)10-19(16(20)23)18-15(22)12-6-4-8-17-9-12/h4,6,8-9,11,13H,2-3,5,7,10H2,1H3,(H,18,22)/t11-,13-/m0/s1. The molecule has 0 unspecified atom stereocenters. The molecule has 0 aromatic carbocycles. The van der Waals surface area contributed by atoms with Crippen molar-refractivity contribution in [3.8, 4) is 0 Å². The van der Waals surface area contributed by atoms with Crippen molar-refractivity contribution in [1.29, 1.82) is 0 Å². The van der Waals surface area contributed by atoms with E-state index < -0.39 is 11.9 Å². The third-order valence-corrected chi connectivity index (χ3v) is 4.56. The predicted octanol–water partition coefficient (Wildman–Crippen LogP) is 1.57. The van der Waals surface area contributed by atoms with Gasteiger partial charge in [0.15, 0.2) is 0 Å². The number of rotatable bonds is 3. The second-order valence-corrected chi connectivity index (χ2v) is 6.14. The third kappa shape index (κ3) is 3.04. The van der Waals surface area contributed by atoms with Crippen LogP contribution in [0.3, 0.4) is 0 Å². The van der Waals surface area contributed by atoms with Crippen molar-refractivity contribution >= 4 is 17.8 Å². The van der Waals surface area contributed by atoms with Gasteiger partial charge in [0, 0.05) is 18.4 Å². The Labute approximate surface area is 134 Å². The summed E-state index contributed by atoms with van der Waals surface area (Å²) in [5, 5.41) is 1.10. The minimum Gasteiger partial charge on any atom is -0.272 e. The van der Waals surface area contributed by atoms with E-state index in [0.29, 0.717) is 11.5 Å². The molecule has 3 rings (SSSR count). The summed E-state index contributed by atoms with van der Waals surface area (Å²) >= 11 is 0. The molecule has 4 amide bonds. The molecular formula is C16H20N4O3. The van der Waals surface area contributed by atoms with E-state index in [9.17, 15) is 14.4 Å². The highest BCUT2D eigenvalue weighted by Gasteiger charge is 2.43. The average molecular weight is 316 g/mol. The van der Waals surface area contributed by atoms with E-state index in [-0.39, 0.29) is 18.5 Å². The van der Waals surface area contributed by atoms with Gasteiger partial charge in [0.2, 0.25) is 0 Å². The fourth-order valence-corrected chi connectivity index (χ4v) is 3.29. The number of amides is 4. The Balaban J connectivity index is 1.70. The number of urea groups is 1. The van der Waals surface area contributed by atoms with Crippen LogP contribution in [0.2, 0.25) is 0 Å². The monoisotopic (exact) mass is 316 g/mol. The number of nitrogens with zero attached hydrogens (tertiary/aromatic N) is 3. The summed E-state index contributed by atoms with van der Waals surface area (Å²) in [6.45, 7) is 1.95. The lowest BCUT2D eigenvalue weighted by Gasteiger charge is -2.34. The topological polar surface area (TPSA) is 82.6 Å². The molecule has 1 aromatic rings. The highest BCUT2D eigenvalue weighted by Crippen LogP contribution is 2.30. The first-order valence-electron chi connectivity index (χ1n) is 7.92. The van der Waals surface area contributed by atoms with E-state index in [1.807, 2.05) is 0 Å². The summed E-state index contributed by atoms with van der Waals surface area (Å²) in [5.41, 5.74) is 2.85. The number of hydrogen-bond acceptors (Lipinski definition) is 4. The first-order chi connectivity index (χ1) is 11.1. The normalized spacial score (nSPS) is 24.9. The van der Waals surface area contributed by atoms with Gasteiger partial charge in [-0.1, -0.05) is 19.8 Å². The first kappa shape index (κ1) is 15.5. The second kappa shape index (κ2) is 6.36. The molecule has 2 aliphatic rings. The van der Waals surface area contributed by atoms with E-state index in [1.165, 1.54) is 11.1 Å². The predicted molar refractivity (Wildman–Crippen MR) is 82.1 cm³/mol. The molecular weight excluding hydrogens is 296 g/mol. The molecule has 2 fully saturated rings. The smallest absolute Gasteiger partial charge is 0.272 e. The Morgan fingerprint density at radius 1 is 1.30 bits per heavy atom. The van der Waals surface area contributed by atoms with Crippen LogP contribution in [0.4, 0.5) is 4.79 Å². The quantitative estimate of drug-likeness (QED) is 0.858. The molecule has 122 valence electrons. The highest BCUT2D eigenvalue weighted by atomic mass is 16.2. The van der Waals surface area contributed by atoms with Crippen molar-refractivity contribution in [3.05, 3.63) is 30.1 Å². The van der Waals surface area contributed by atoms with E-state index >= 15 is 0 Å². The van der Waals surface area contributed by atoms with Crippen LogP contribution >= 0.6 is 0 Å². The van der Waals surface area contributed by atoms with Gasteiger partial charge in [0.1, 0.15) is 6.54 Å². The number of carbonyl (C=O) groups is 3. The summed E-state index contributed by atoms with van der Waals surface area (Å²) in [6, 6.07) is 2.74. The van der Waals surface area contributed by atoms with Crippen LogP contribution in [-0.2, 0) is 4.79 Å². The van der Waals surface area contributed by atoms with Gasteiger partial charge in [-0.3, -0.25) is 24.9 Å². The van der Waals surface area contributed by atoms with Crippen LogP contribution < -0.4 is 5.43 Å². The van der Waals surface area contributed by atoms with Gasteiger partial charge in [0.05, 0.1) is 5.56 Å². The molecule has 0 spiro atoms. The lowest BCUT2D eigenvalue weighted by atomic mass is 9.85. The van der Waals surface area contributed by atoms with Gasteiger partial charge in [-0.2, -0.15) is 0 Å². The zero-order valence-corrected chi connectivity index (χ0v) is 13.1. The lowest BCUT2D eigenvalue weighted by molar-refractivity contribution is -0.128. The minimum absolute atomic E-state index is 0.0657. The molecule has 1 aliphatic carbocycles. The van der Waals surface area contributed by atoms with Crippen LogP contribution in [0.5, 0.6) is 0 Å². The maximum absolute atomic E-state index is 12.5. The lowest BCUT2D eigenvalue weighted by Crippen LogP contribution is -2.49. The summed E-state index contributed by atoms with van der Waals surface area (Å²) in [6.07, 6.45) is 6.99. The maximum atomic E-state index is 12.5. The fraction of sp³-hybridized carbons (Fsp3) is 0.500. The fourth-order valence-electron chi connectivity index (χ4n) is 3.29. The number of hydrazine groups is 1. The van der Waals surface area contributed by atoms with E-state index in [2.05, 4.69) is 17.3 Å². The van der Waals surface area contributed by atoms with Gasteiger partial charge in [-0.05, 0) is 30.9 Å². The molecule has 0 bridgehead atoms. The van der Waals surface area contributed by atoms with Crippen molar-refractivity contribution in [2.75, 3.05) is 6.54 Å². The molecule has 7 heteroatoms. The van der Waals surface area contributed by atoms with Crippen molar-refractivity contribution in [3.63, 3.8) is 0 Å². The molecule has 1 aromatic heterocycles. The molecule has 1 saturated heterocycles. The molecule has 2 atom stereocenters. The van der Waals surface area contributed by atoms with Crippen LogP contribution in [0, 0.1) is 5.92 Å². The summed E-state index contributed by atoms with van der Waals surface area (Å²) in [5.74, 6) is -0.399. The molecule has 7 nitrogen and oxygen atoms in total. The molecule has 1 N–H and O–H groups in total. The Morgan fingerprint density at radius 3 is 2.78 bits per heavy atom.